The summed E-state index contributed by atoms with van der Waals surface area (Å²) in [5.41, 5.74) is 2.38. The SMILES string of the molecule is CC1=NN(c2ccc(Br)cc2)CC1. The number of hydrogen-bond donors (Lipinski definition) is 0. The van der Waals surface area contributed by atoms with Crippen molar-refractivity contribution in [3.8, 4) is 0 Å². The van der Waals surface area contributed by atoms with Crippen LogP contribution in [-0.2, 0) is 0 Å². The number of nitrogens with zero attached hydrogens (tertiary/aromatic N) is 2. The summed E-state index contributed by atoms with van der Waals surface area (Å²) in [5.74, 6) is 0. The Morgan fingerprint density at radius 2 is 2.00 bits per heavy atom. The first kappa shape index (κ1) is 8.75. The highest BCUT2D eigenvalue weighted by atomic mass is 79.9. The van der Waals surface area contributed by atoms with Gasteiger partial charge in [0.2, 0.25) is 0 Å². The van der Waals surface area contributed by atoms with Crippen LogP contribution in [0.15, 0.2) is 33.8 Å². The number of halogens is 1. The molecular formula is C10H11BrN2. The molecule has 0 fully saturated rings. The average molecular weight is 239 g/mol. The second-order valence-electron chi connectivity index (χ2n) is 3.18. The molecule has 0 amide bonds. The van der Waals surface area contributed by atoms with Crippen molar-refractivity contribution >= 4 is 27.3 Å². The molecule has 13 heavy (non-hydrogen) atoms. The maximum atomic E-state index is 4.42. The molecule has 1 aromatic carbocycles. The smallest absolute Gasteiger partial charge is 0.0594 e. The van der Waals surface area contributed by atoms with Crippen molar-refractivity contribution in [3.05, 3.63) is 28.7 Å². The molecule has 1 aliphatic heterocycles. The van der Waals surface area contributed by atoms with Crippen molar-refractivity contribution in [2.75, 3.05) is 11.6 Å². The van der Waals surface area contributed by atoms with Gasteiger partial charge in [-0.15, -0.1) is 0 Å². The van der Waals surface area contributed by atoms with Crippen molar-refractivity contribution in [2.45, 2.75) is 13.3 Å². The topological polar surface area (TPSA) is 15.6 Å². The van der Waals surface area contributed by atoms with Crippen molar-refractivity contribution in [1.29, 1.82) is 0 Å². The predicted molar refractivity (Wildman–Crippen MR) is 59.2 cm³/mol. The Balaban J connectivity index is 2.22. The molecule has 0 saturated carbocycles. The largest absolute Gasteiger partial charge is 0.265 e. The molecule has 3 heteroatoms. The molecule has 0 aromatic heterocycles. The van der Waals surface area contributed by atoms with Crippen molar-refractivity contribution < 1.29 is 0 Å². The van der Waals surface area contributed by atoms with Gasteiger partial charge in [0.1, 0.15) is 0 Å². The summed E-state index contributed by atoms with van der Waals surface area (Å²) in [7, 11) is 0. The minimum atomic E-state index is 1.01. The van der Waals surface area contributed by atoms with Crippen LogP contribution >= 0.6 is 15.9 Å². The summed E-state index contributed by atoms with van der Waals surface area (Å²) in [4.78, 5) is 0. The first-order chi connectivity index (χ1) is 6.25. The Morgan fingerprint density at radius 3 is 2.54 bits per heavy atom. The van der Waals surface area contributed by atoms with E-state index < -0.39 is 0 Å². The zero-order valence-electron chi connectivity index (χ0n) is 7.50. The molecule has 0 radical (unpaired) electrons. The van der Waals surface area contributed by atoms with Crippen molar-refractivity contribution in [2.24, 2.45) is 5.10 Å². The maximum Gasteiger partial charge on any atom is 0.0594 e. The summed E-state index contributed by atoms with van der Waals surface area (Å²) in [6, 6.07) is 8.23. The molecule has 0 bridgehead atoms. The lowest BCUT2D eigenvalue weighted by Crippen LogP contribution is -2.11. The second kappa shape index (κ2) is 3.50. The molecular weight excluding hydrogens is 228 g/mol. The van der Waals surface area contributed by atoms with Crippen LogP contribution in [-0.4, -0.2) is 12.3 Å². The highest BCUT2D eigenvalue weighted by Gasteiger charge is 2.11. The Morgan fingerprint density at radius 1 is 1.31 bits per heavy atom. The van der Waals surface area contributed by atoms with Crippen molar-refractivity contribution in [1.82, 2.24) is 0 Å². The standard InChI is InChI=1S/C10H11BrN2/c1-8-6-7-13(12-8)10-4-2-9(11)3-5-10/h2-5H,6-7H2,1H3. The van der Waals surface area contributed by atoms with E-state index in [9.17, 15) is 0 Å². The first-order valence-electron chi connectivity index (χ1n) is 4.33. The van der Waals surface area contributed by atoms with E-state index in [1.165, 1.54) is 11.4 Å². The van der Waals surface area contributed by atoms with Gasteiger partial charge in [0.05, 0.1) is 5.69 Å². The number of rotatable bonds is 1. The highest BCUT2D eigenvalue weighted by Crippen LogP contribution is 2.21. The maximum absolute atomic E-state index is 4.42. The van der Waals surface area contributed by atoms with Gasteiger partial charge >= 0.3 is 0 Å². The average Bonchev–Trinajstić information content (AvgIpc) is 2.53. The fourth-order valence-corrected chi connectivity index (χ4v) is 1.64. The molecule has 0 aliphatic carbocycles. The molecule has 2 rings (SSSR count). The van der Waals surface area contributed by atoms with Gasteiger partial charge in [-0.3, -0.25) is 5.01 Å². The quantitative estimate of drug-likeness (QED) is 0.735. The molecule has 0 saturated heterocycles. The lowest BCUT2D eigenvalue weighted by molar-refractivity contribution is 0.922. The summed E-state index contributed by atoms with van der Waals surface area (Å²) < 4.78 is 1.11. The van der Waals surface area contributed by atoms with E-state index in [0.717, 1.165) is 17.4 Å². The van der Waals surface area contributed by atoms with Gasteiger partial charge < -0.3 is 0 Å². The number of hydrogen-bond acceptors (Lipinski definition) is 2. The normalized spacial score (nSPS) is 16.2. The first-order valence-corrected chi connectivity index (χ1v) is 5.12. The van der Waals surface area contributed by atoms with E-state index in [0.29, 0.717) is 0 Å². The van der Waals surface area contributed by atoms with Gasteiger partial charge in [-0.2, -0.15) is 5.10 Å². The molecule has 1 aromatic rings. The van der Waals surface area contributed by atoms with E-state index in [1.54, 1.807) is 0 Å². The van der Waals surface area contributed by atoms with Gasteiger partial charge in [-0.1, -0.05) is 15.9 Å². The third-order valence-corrected chi connectivity index (χ3v) is 2.63. The minimum Gasteiger partial charge on any atom is -0.265 e. The molecule has 68 valence electrons. The Hall–Kier alpha value is -0.830. The predicted octanol–water partition coefficient (Wildman–Crippen LogP) is 3.04. The molecule has 2 nitrogen and oxygen atoms in total. The van der Waals surface area contributed by atoms with Crippen molar-refractivity contribution in [3.63, 3.8) is 0 Å². The van der Waals surface area contributed by atoms with Crippen LogP contribution < -0.4 is 5.01 Å². The molecule has 0 N–H and O–H groups in total. The zero-order valence-corrected chi connectivity index (χ0v) is 9.08. The number of anilines is 1. The van der Waals surface area contributed by atoms with Gasteiger partial charge in [-0.25, -0.2) is 0 Å². The molecule has 0 spiro atoms. The van der Waals surface area contributed by atoms with Gasteiger partial charge in [0.25, 0.3) is 0 Å². The second-order valence-corrected chi connectivity index (χ2v) is 4.10. The summed E-state index contributed by atoms with van der Waals surface area (Å²) >= 11 is 3.41. The number of benzene rings is 1. The Bertz CT molecular complexity index is 329. The minimum absolute atomic E-state index is 1.01. The van der Waals surface area contributed by atoms with Crippen LogP contribution in [0.2, 0.25) is 0 Å². The molecule has 1 heterocycles. The third-order valence-electron chi connectivity index (χ3n) is 2.10. The van der Waals surface area contributed by atoms with Crippen LogP contribution in [0, 0.1) is 0 Å². The van der Waals surface area contributed by atoms with Crippen LogP contribution in [0.5, 0.6) is 0 Å². The van der Waals surface area contributed by atoms with E-state index in [4.69, 9.17) is 0 Å². The fraction of sp³-hybridized carbons (Fsp3) is 0.300. The lowest BCUT2D eigenvalue weighted by Gasteiger charge is -2.12. The fourth-order valence-electron chi connectivity index (χ4n) is 1.37. The highest BCUT2D eigenvalue weighted by molar-refractivity contribution is 9.10. The molecule has 1 aliphatic rings. The Labute approximate surface area is 86.4 Å². The van der Waals surface area contributed by atoms with E-state index >= 15 is 0 Å². The van der Waals surface area contributed by atoms with Gasteiger partial charge in [-0.05, 0) is 31.2 Å². The third kappa shape index (κ3) is 1.91. The van der Waals surface area contributed by atoms with E-state index in [2.05, 4.69) is 40.1 Å². The van der Waals surface area contributed by atoms with Crippen LogP contribution in [0.1, 0.15) is 13.3 Å². The summed E-state index contributed by atoms with van der Waals surface area (Å²) in [6.45, 7) is 3.08. The monoisotopic (exact) mass is 238 g/mol. The van der Waals surface area contributed by atoms with Crippen LogP contribution in [0.25, 0.3) is 0 Å². The Kier molecular flexibility index (Phi) is 2.36. The molecule has 0 atom stereocenters. The van der Waals surface area contributed by atoms with Crippen LogP contribution in [0.4, 0.5) is 5.69 Å². The van der Waals surface area contributed by atoms with Gasteiger partial charge in [0.15, 0.2) is 0 Å². The summed E-state index contributed by atoms with van der Waals surface area (Å²) in [5, 5.41) is 6.47. The van der Waals surface area contributed by atoms with Gasteiger partial charge in [0, 0.05) is 23.1 Å². The molecule has 0 unspecified atom stereocenters. The van der Waals surface area contributed by atoms with E-state index in [-0.39, 0.29) is 0 Å². The zero-order chi connectivity index (χ0) is 9.26. The number of hydrazone groups is 1. The summed E-state index contributed by atoms with van der Waals surface area (Å²) in [6.07, 6.45) is 1.08. The lowest BCUT2D eigenvalue weighted by atomic mass is 10.3. The van der Waals surface area contributed by atoms with E-state index in [1.807, 2.05) is 17.1 Å². The van der Waals surface area contributed by atoms with Crippen LogP contribution in [0.3, 0.4) is 0 Å².